The molecule has 2 N–H and O–H groups in total. The van der Waals surface area contributed by atoms with Gasteiger partial charge in [-0.25, -0.2) is 0 Å². The highest BCUT2D eigenvalue weighted by Crippen LogP contribution is 2.18. The molecular weight excluding hydrogens is 142 g/mol. The van der Waals surface area contributed by atoms with Crippen LogP contribution >= 0.6 is 0 Å². The van der Waals surface area contributed by atoms with Gasteiger partial charge in [0, 0.05) is 0 Å². The topological polar surface area (TPSA) is 45.4 Å². The van der Waals surface area contributed by atoms with Gasteiger partial charge in [-0.15, -0.1) is 0 Å². The van der Waals surface area contributed by atoms with Gasteiger partial charge >= 0.3 is 0 Å². The van der Waals surface area contributed by atoms with Gasteiger partial charge in [-0.3, -0.25) is 0 Å². The van der Waals surface area contributed by atoms with E-state index in [1.54, 1.807) is 0 Å². The Labute approximate surface area is 65.0 Å². The summed E-state index contributed by atoms with van der Waals surface area (Å²) < 4.78 is 5.34. The van der Waals surface area contributed by atoms with E-state index in [1.165, 1.54) is 5.56 Å². The lowest BCUT2D eigenvalue weighted by atomic mass is 10.1. The lowest BCUT2D eigenvalue weighted by Crippen LogP contribution is -2.22. The van der Waals surface area contributed by atoms with Crippen molar-refractivity contribution in [2.24, 2.45) is 0 Å². The zero-order valence-electron chi connectivity index (χ0n) is 6.26. The molecule has 0 aromatic carbocycles. The minimum Gasteiger partial charge on any atom is -0.462 e. The second-order valence-corrected chi connectivity index (χ2v) is 2.75. The minimum atomic E-state index is 0.00694. The fraction of sp³-hybridized carbons (Fsp3) is 0.500. The maximum absolute atomic E-state index is 8.77. The largest absolute Gasteiger partial charge is 0.462 e. The van der Waals surface area contributed by atoms with Crippen LogP contribution in [0.25, 0.3) is 0 Å². The van der Waals surface area contributed by atoms with Gasteiger partial charge in [0.15, 0.2) is 0 Å². The van der Waals surface area contributed by atoms with Gasteiger partial charge in [-0.1, -0.05) is 0 Å². The third-order valence-corrected chi connectivity index (χ3v) is 1.96. The van der Waals surface area contributed by atoms with Crippen LogP contribution in [0.15, 0.2) is 10.5 Å². The van der Waals surface area contributed by atoms with E-state index in [0.717, 1.165) is 25.3 Å². The average molecular weight is 153 g/mol. The van der Waals surface area contributed by atoms with E-state index in [9.17, 15) is 0 Å². The molecule has 1 aliphatic heterocycles. The van der Waals surface area contributed by atoms with E-state index in [4.69, 9.17) is 9.52 Å². The fourth-order valence-electron chi connectivity index (χ4n) is 1.39. The standard InChI is InChI=1S/C8H11NO2/c10-5-7-3-6-1-2-9-4-8(6)11-7/h3,9-10H,1-2,4-5H2. The van der Waals surface area contributed by atoms with Gasteiger partial charge in [0.2, 0.25) is 0 Å². The summed E-state index contributed by atoms with van der Waals surface area (Å²) in [6.07, 6.45) is 1.01. The summed E-state index contributed by atoms with van der Waals surface area (Å²) in [5.74, 6) is 1.67. The molecule has 0 spiro atoms. The van der Waals surface area contributed by atoms with Crippen molar-refractivity contribution in [2.45, 2.75) is 19.6 Å². The molecule has 1 aromatic rings. The molecular formula is C8H11NO2. The van der Waals surface area contributed by atoms with Gasteiger partial charge in [0.05, 0.1) is 6.54 Å². The van der Waals surface area contributed by atoms with Crippen molar-refractivity contribution < 1.29 is 9.52 Å². The van der Waals surface area contributed by atoms with E-state index >= 15 is 0 Å². The second-order valence-electron chi connectivity index (χ2n) is 2.75. The van der Waals surface area contributed by atoms with Crippen LogP contribution in [0.1, 0.15) is 17.1 Å². The van der Waals surface area contributed by atoms with E-state index in [0.29, 0.717) is 5.76 Å². The Kier molecular flexibility index (Phi) is 1.68. The summed E-state index contributed by atoms with van der Waals surface area (Å²) in [6.45, 7) is 1.82. The zero-order valence-corrected chi connectivity index (χ0v) is 6.26. The summed E-state index contributed by atoms with van der Waals surface area (Å²) in [5.41, 5.74) is 1.24. The molecule has 0 atom stereocenters. The number of hydrogen-bond acceptors (Lipinski definition) is 3. The maximum Gasteiger partial charge on any atom is 0.129 e. The van der Waals surface area contributed by atoms with Crippen LogP contribution < -0.4 is 5.32 Å². The second kappa shape index (κ2) is 2.68. The monoisotopic (exact) mass is 153 g/mol. The number of hydrogen-bond donors (Lipinski definition) is 2. The van der Waals surface area contributed by atoms with E-state index in [2.05, 4.69) is 5.32 Å². The number of rotatable bonds is 1. The number of aliphatic hydroxyl groups is 1. The molecule has 60 valence electrons. The van der Waals surface area contributed by atoms with E-state index in [1.807, 2.05) is 6.07 Å². The predicted molar refractivity (Wildman–Crippen MR) is 40.0 cm³/mol. The highest BCUT2D eigenvalue weighted by Gasteiger charge is 2.13. The molecule has 0 radical (unpaired) electrons. The van der Waals surface area contributed by atoms with Gasteiger partial charge < -0.3 is 14.8 Å². The van der Waals surface area contributed by atoms with E-state index < -0.39 is 0 Å². The fourth-order valence-corrected chi connectivity index (χ4v) is 1.39. The maximum atomic E-state index is 8.77. The number of aliphatic hydroxyl groups excluding tert-OH is 1. The highest BCUT2D eigenvalue weighted by molar-refractivity contribution is 5.23. The summed E-state index contributed by atoms with van der Waals surface area (Å²) in [5, 5.41) is 12.0. The highest BCUT2D eigenvalue weighted by atomic mass is 16.4. The van der Waals surface area contributed by atoms with Crippen LogP contribution in [0.4, 0.5) is 0 Å². The van der Waals surface area contributed by atoms with Crippen molar-refractivity contribution in [3.63, 3.8) is 0 Å². The lowest BCUT2D eigenvalue weighted by Gasteiger charge is -2.09. The van der Waals surface area contributed by atoms with Crippen LogP contribution in [-0.4, -0.2) is 11.7 Å². The molecule has 3 heteroatoms. The summed E-state index contributed by atoms with van der Waals surface area (Å²) >= 11 is 0. The summed E-state index contributed by atoms with van der Waals surface area (Å²) in [7, 11) is 0. The van der Waals surface area contributed by atoms with Crippen molar-refractivity contribution in [1.82, 2.24) is 5.32 Å². The normalized spacial score (nSPS) is 16.5. The first kappa shape index (κ1) is 6.88. The van der Waals surface area contributed by atoms with Crippen molar-refractivity contribution in [2.75, 3.05) is 6.54 Å². The van der Waals surface area contributed by atoms with Crippen molar-refractivity contribution in [3.05, 3.63) is 23.2 Å². The predicted octanol–water partition coefficient (Wildman–Crippen LogP) is 0.418. The van der Waals surface area contributed by atoms with Crippen molar-refractivity contribution >= 4 is 0 Å². The third-order valence-electron chi connectivity index (χ3n) is 1.96. The van der Waals surface area contributed by atoms with Crippen molar-refractivity contribution in [1.29, 1.82) is 0 Å². The van der Waals surface area contributed by atoms with Crippen LogP contribution in [0, 0.1) is 0 Å². The first-order chi connectivity index (χ1) is 5.40. The lowest BCUT2D eigenvalue weighted by molar-refractivity contribution is 0.242. The molecule has 0 aliphatic carbocycles. The summed E-state index contributed by atoms with van der Waals surface area (Å²) in [4.78, 5) is 0. The Bertz CT molecular complexity index is 231. The first-order valence-electron chi connectivity index (χ1n) is 3.82. The van der Waals surface area contributed by atoms with Crippen LogP contribution in [0.5, 0.6) is 0 Å². The Morgan fingerprint density at radius 3 is 3.27 bits per heavy atom. The smallest absolute Gasteiger partial charge is 0.129 e. The first-order valence-corrected chi connectivity index (χ1v) is 3.82. The van der Waals surface area contributed by atoms with Crippen molar-refractivity contribution in [3.8, 4) is 0 Å². The molecule has 11 heavy (non-hydrogen) atoms. The molecule has 0 fully saturated rings. The quantitative estimate of drug-likeness (QED) is 0.614. The molecule has 1 aliphatic rings. The minimum absolute atomic E-state index is 0.00694. The van der Waals surface area contributed by atoms with Crippen LogP contribution in [0.2, 0.25) is 0 Å². The van der Waals surface area contributed by atoms with Crippen LogP contribution in [-0.2, 0) is 19.6 Å². The molecule has 0 unspecified atom stereocenters. The van der Waals surface area contributed by atoms with Gasteiger partial charge in [-0.2, -0.15) is 0 Å². The SMILES string of the molecule is OCc1cc2c(o1)CNCC2. The Morgan fingerprint density at radius 2 is 2.55 bits per heavy atom. The Balaban J connectivity index is 2.32. The van der Waals surface area contributed by atoms with Gasteiger partial charge in [0.1, 0.15) is 18.1 Å². The Hall–Kier alpha value is -0.800. The third kappa shape index (κ3) is 1.17. The molecule has 1 aromatic heterocycles. The van der Waals surface area contributed by atoms with Crippen LogP contribution in [0.3, 0.4) is 0 Å². The molecule has 3 nitrogen and oxygen atoms in total. The number of furan rings is 1. The molecule has 0 amide bonds. The zero-order chi connectivity index (χ0) is 7.68. The molecule has 0 bridgehead atoms. The molecule has 2 heterocycles. The van der Waals surface area contributed by atoms with Gasteiger partial charge in [0.25, 0.3) is 0 Å². The molecule has 2 rings (SSSR count). The average Bonchev–Trinajstić information content (AvgIpc) is 2.46. The van der Waals surface area contributed by atoms with E-state index in [-0.39, 0.29) is 6.61 Å². The summed E-state index contributed by atoms with van der Waals surface area (Å²) in [6, 6.07) is 1.94. The number of fused-ring (bicyclic) bond motifs is 1. The van der Waals surface area contributed by atoms with Gasteiger partial charge in [-0.05, 0) is 24.6 Å². The number of nitrogens with one attached hydrogen (secondary N) is 1. The molecule has 0 saturated heterocycles. The molecule has 0 saturated carbocycles. The Morgan fingerprint density at radius 1 is 1.64 bits per heavy atom.